The first kappa shape index (κ1) is 14.2. The predicted octanol–water partition coefficient (Wildman–Crippen LogP) is 0.207. The molecule has 1 aliphatic heterocycles. The van der Waals surface area contributed by atoms with Gasteiger partial charge in [-0.05, 0) is 26.0 Å². The maximum Gasteiger partial charge on any atom is 0.304 e. The van der Waals surface area contributed by atoms with Gasteiger partial charge in [-0.3, -0.25) is 0 Å². The van der Waals surface area contributed by atoms with Gasteiger partial charge in [0.05, 0.1) is 0 Å². The first-order valence-corrected chi connectivity index (χ1v) is 7.78. The van der Waals surface area contributed by atoms with Gasteiger partial charge in [0.2, 0.25) is 5.95 Å². The van der Waals surface area contributed by atoms with E-state index in [0.29, 0.717) is 13.1 Å². The number of aromatic nitrogens is 2. The number of nitrogens with one attached hydrogen (secondary N) is 2. The van der Waals surface area contributed by atoms with Crippen molar-refractivity contribution in [1.82, 2.24) is 19.6 Å². The van der Waals surface area contributed by atoms with E-state index in [-0.39, 0.29) is 12.0 Å². The molecule has 2 N–H and O–H groups in total. The number of hydrogen-bond donors (Lipinski definition) is 2. The lowest BCUT2D eigenvalue weighted by Gasteiger charge is -2.34. The van der Waals surface area contributed by atoms with Crippen molar-refractivity contribution in [3.63, 3.8) is 0 Å². The number of likely N-dealkylation sites (N-methyl/N-ethyl adjacent to an activating group) is 1. The summed E-state index contributed by atoms with van der Waals surface area (Å²) in [5, 5.41) is 3.04. The summed E-state index contributed by atoms with van der Waals surface area (Å²) in [6, 6.07) is 1.63. The van der Waals surface area contributed by atoms with Crippen LogP contribution < -0.4 is 10.0 Å². The van der Waals surface area contributed by atoms with Crippen LogP contribution in [0.15, 0.2) is 18.5 Å². The van der Waals surface area contributed by atoms with E-state index in [9.17, 15) is 8.42 Å². The highest BCUT2D eigenvalue weighted by atomic mass is 32.2. The third-order valence-corrected chi connectivity index (χ3v) is 4.65. The minimum atomic E-state index is -3.59. The number of rotatable bonds is 5. The molecule has 0 spiro atoms. The summed E-state index contributed by atoms with van der Waals surface area (Å²) in [5.74, 6) is 0.108. The first-order valence-electron chi connectivity index (χ1n) is 6.34. The number of nitrogens with zero attached hydrogens (tertiary/aromatic N) is 3. The number of hydrogen-bond acceptors (Lipinski definition) is 5. The minimum Gasteiger partial charge on any atom is -0.318 e. The van der Waals surface area contributed by atoms with E-state index in [1.54, 1.807) is 6.07 Å². The Labute approximate surface area is 113 Å². The Kier molecular flexibility index (Phi) is 4.67. The summed E-state index contributed by atoms with van der Waals surface area (Å²) in [6.45, 7) is 1.19. The van der Waals surface area contributed by atoms with Crippen molar-refractivity contribution in [2.45, 2.75) is 25.3 Å². The molecule has 19 heavy (non-hydrogen) atoms. The molecule has 1 atom stereocenters. The summed E-state index contributed by atoms with van der Waals surface area (Å²) < 4.78 is 28.6. The highest BCUT2D eigenvalue weighted by molar-refractivity contribution is 7.90. The van der Waals surface area contributed by atoms with E-state index < -0.39 is 10.2 Å². The second-order valence-electron chi connectivity index (χ2n) is 4.50. The Morgan fingerprint density at radius 1 is 1.37 bits per heavy atom. The Hall–Kier alpha value is -1.25. The van der Waals surface area contributed by atoms with Crippen LogP contribution >= 0.6 is 0 Å². The molecule has 0 amide bonds. The van der Waals surface area contributed by atoms with Gasteiger partial charge in [-0.15, -0.1) is 0 Å². The predicted molar refractivity (Wildman–Crippen MR) is 72.8 cm³/mol. The van der Waals surface area contributed by atoms with E-state index >= 15 is 0 Å². The van der Waals surface area contributed by atoms with Crippen LogP contribution in [0.1, 0.15) is 19.3 Å². The zero-order valence-electron chi connectivity index (χ0n) is 10.9. The quantitative estimate of drug-likeness (QED) is 0.807. The fourth-order valence-corrected chi connectivity index (χ4v) is 3.65. The third-order valence-electron chi connectivity index (χ3n) is 3.11. The topological polar surface area (TPSA) is 87.2 Å². The molecular weight excluding hydrogens is 266 g/mol. The van der Waals surface area contributed by atoms with Crippen molar-refractivity contribution in [3.8, 4) is 0 Å². The van der Waals surface area contributed by atoms with E-state index in [1.165, 1.54) is 16.7 Å². The van der Waals surface area contributed by atoms with Crippen molar-refractivity contribution in [1.29, 1.82) is 0 Å². The van der Waals surface area contributed by atoms with E-state index in [4.69, 9.17) is 0 Å². The smallest absolute Gasteiger partial charge is 0.304 e. The van der Waals surface area contributed by atoms with Gasteiger partial charge in [0.1, 0.15) is 0 Å². The largest absolute Gasteiger partial charge is 0.318 e. The standard InChI is InChI=1S/C11H19N5O2S/c1-12-9-10-5-2-3-8-16(10)19(17,18)15-11-13-6-4-7-14-11/h4,6-7,10,12H,2-3,5,8-9H2,1H3,(H,13,14,15). The fourth-order valence-electron chi connectivity index (χ4n) is 2.26. The molecule has 0 aliphatic carbocycles. The summed E-state index contributed by atoms with van der Waals surface area (Å²) in [4.78, 5) is 7.77. The zero-order valence-corrected chi connectivity index (χ0v) is 11.7. The van der Waals surface area contributed by atoms with Gasteiger partial charge in [0.15, 0.2) is 0 Å². The van der Waals surface area contributed by atoms with Gasteiger partial charge >= 0.3 is 10.2 Å². The van der Waals surface area contributed by atoms with Gasteiger partial charge in [-0.1, -0.05) is 6.42 Å². The molecule has 0 saturated carbocycles. The van der Waals surface area contributed by atoms with E-state index in [1.807, 2.05) is 7.05 Å². The fraction of sp³-hybridized carbons (Fsp3) is 0.636. The molecule has 7 nitrogen and oxygen atoms in total. The SMILES string of the molecule is CNCC1CCCCN1S(=O)(=O)Nc1ncccn1. The van der Waals surface area contributed by atoms with E-state index in [0.717, 1.165) is 19.3 Å². The summed E-state index contributed by atoms with van der Waals surface area (Å²) in [6.07, 6.45) is 5.83. The van der Waals surface area contributed by atoms with Gasteiger partial charge in [0.25, 0.3) is 0 Å². The average molecular weight is 285 g/mol. The van der Waals surface area contributed by atoms with Gasteiger partial charge in [0, 0.05) is 31.5 Å². The van der Waals surface area contributed by atoms with Gasteiger partial charge in [-0.2, -0.15) is 12.7 Å². The van der Waals surface area contributed by atoms with Crippen LogP contribution in [0.2, 0.25) is 0 Å². The van der Waals surface area contributed by atoms with Crippen molar-refractivity contribution >= 4 is 16.2 Å². The molecule has 106 valence electrons. The normalized spacial score (nSPS) is 21.2. The summed E-state index contributed by atoms with van der Waals surface area (Å²) >= 11 is 0. The minimum absolute atomic E-state index is 0.0139. The molecule has 1 unspecified atom stereocenters. The maximum absolute atomic E-state index is 12.3. The second kappa shape index (κ2) is 6.27. The lowest BCUT2D eigenvalue weighted by atomic mass is 10.1. The Bertz CT molecular complexity index is 491. The van der Waals surface area contributed by atoms with Gasteiger partial charge in [-0.25, -0.2) is 14.7 Å². The molecule has 1 aromatic heterocycles. The molecule has 1 aliphatic rings. The molecule has 0 aromatic carbocycles. The molecule has 2 heterocycles. The molecule has 1 saturated heterocycles. The molecule has 1 fully saturated rings. The molecule has 8 heteroatoms. The second-order valence-corrected chi connectivity index (χ2v) is 6.12. The Morgan fingerprint density at radius 3 is 2.79 bits per heavy atom. The van der Waals surface area contributed by atoms with Crippen LogP contribution in [0.25, 0.3) is 0 Å². The number of piperidine rings is 1. The lowest BCUT2D eigenvalue weighted by molar-refractivity contribution is 0.250. The third kappa shape index (κ3) is 3.62. The molecule has 2 rings (SSSR count). The maximum atomic E-state index is 12.3. The van der Waals surface area contributed by atoms with Gasteiger partial charge < -0.3 is 5.32 Å². The monoisotopic (exact) mass is 285 g/mol. The average Bonchev–Trinajstić information content (AvgIpc) is 2.40. The molecular formula is C11H19N5O2S. The zero-order chi connectivity index (χ0) is 13.7. The first-order chi connectivity index (χ1) is 9.13. The van der Waals surface area contributed by atoms with Crippen LogP contribution in [0.4, 0.5) is 5.95 Å². The van der Waals surface area contributed by atoms with Crippen LogP contribution in [0.5, 0.6) is 0 Å². The van der Waals surface area contributed by atoms with Crippen LogP contribution in [0.3, 0.4) is 0 Å². The summed E-state index contributed by atoms with van der Waals surface area (Å²) in [7, 11) is -1.76. The highest BCUT2D eigenvalue weighted by Crippen LogP contribution is 2.20. The van der Waals surface area contributed by atoms with Crippen LogP contribution in [0, 0.1) is 0 Å². The molecule has 0 radical (unpaired) electrons. The van der Waals surface area contributed by atoms with Crippen LogP contribution in [-0.2, 0) is 10.2 Å². The van der Waals surface area contributed by atoms with Crippen molar-refractivity contribution in [2.24, 2.45) is 0 Å². The van der Waals surface area contributed by atoms with Crippen LogP contribution in [-0.4, -0.2) is 48.9 Å². The Morgan fingerprint density at radius 2 is 2.11 bits per heavy atom. The Balaban J connectivity index is 2.13. The molecule has 0 bridgehead atoms. The van der Waals surface area contributed by atoms with Crippen molar-refractivity contribution in [3.05, 3.63) is 18.5 Å². The lowest BCUT2D eigenvalue weighted by Crippen LogP contribution is -2.50. The summed E-state index contributed by atoms with van der Waals surface area (Å²) in [5.41, 5.74) is 0. The highest BCUT2D eigenvalue weighted by Gasteiger charge is 2.32. The van der Waals surface area contributed by atoms with Crippen molar-refractivity contribution in [2.75, 3.05) is 24.9 Å². The number of anilines is 1. The van der Waals surface area contributed by atoms with Crippen molar-refractivity contribution < 1.29 is 8.42 Å². The van der Waals surface area contributed by atoms with E-state index in [2.05, 4.69) is 20.0 Å². The molecule has 1 aromatic rings.